The molecule has 1 saturated heterocycles. The van der Waals surface area contributed by atoms with Gasteiger partial charge in [0.25, 0.3) is 0 Å². The molecule has 86 valence electrons. The van der Waals surface area contributed by atoms with Gasteiger partial charge in [-0.05, 0) is 0 Å². The Bertz CT molecular complexity index is 425. The molecule has 0 spiro atoms. The van der Waals surface area contributed by atoms with Gasteiger partial charge in [-0.1, -0.05) is 0 Å². The number of carbonyl (C=O) groups is 2. The van der Waals surface area contributed by atoms with E-state index in [9.17, 15) is 9.59 Å². The highest BCUT2D eigenvalue weighted by molar-refractivity contribution is 7.13. The summed E-state index contributed by atoms with van der Waals surface area (Å²) < 4.78 is 0. The molecule has 0 saturated carbocycles. The van der Waals surface area contributed by atoms with Crippen LogP contribution in [-0.4, -0.2) is 40.0 Å². The highest BCUT2D eigenvalue weighted by Gasteiger charge is 2.35. The van der Waals surface area contributed by atoms with Crippen molar-refractivity contribution in [1.29, 1.82) is 0 Å². The number of thiazole rings is 1. The first kappa shape index (κ1) is 10.9. The maximum Gasteiger partial charge on any atom is 0.310 e. The first-order valence-corrected chi connectivity index (χ1v) is 5.64. The number of anilines is 1. The molecular weight excluding hydrogens is 230 g/mol. The molecule has 16 heavy (non-hydrogen) atoms. The first-order chi connectivity index (χ1) is 7.56. The third-order valence-electron chi connectivity index (χ3n) is 2.49. The molecule has 0 unspecified atom stereocenters. The Balaban J connectivity index is 1.84. The number of nitrogens with two attached hydrogens (primary N) is 1. The second-order valence-corrected chi connectivity index (χ2v) is 4.58. The number of carboxylic acids is 1. The molecule has 0 atom stereocenters. The molecule has 0 radical (unpaired) electrons. The van der Waals surface area contributed by atoms with E-state index in [1.54, 1.807) is 5.38 Å². The van der Waals surface area contributed by atoms with Gasteiger partial charge in [0.1, 0.15) is 0 Å². The zero-order valence-corrected chi connectivity index (χ0v) is 9.24. The van der Waals surface area contributed by atoms with Crippen molar-refractivity contribution >= 4 is 28.3 Å². The summed E-state index contributed by atoms with van der Waals surface area (Å²) >= 11 is 1.29. The lowest BCUT2D eigenvalue weighted by molar-refractivity contribution is -0.152. The van der Waals surface area contributed by atoms with Crippen LogP contribution in [0.3, 0.4) is 0 Å². The smallest absolute Gasteiger partial charge is 0.310 e. The average molecular weight is 241 g/mol. The molecule has 1 amide bonds. The standard InChI is InChI=1S/C9H11N3O3S/c10-9-11-6(4-16-9)1-7(13)12-2-5(3-12)8(14)15/h4-5H,1-3H2,(H2,10,11)(H,14,15). The number of aliphatic carboxylic acids is 1. The van der Waals surface area contributed by atoms with Crippen molar-refractivity contribution in [3.63, 3.8) is 0 Å². The van der Waals surface area contributed by atoms with E-state index in [1.807, 2.05) is 0 Å². The first-order valence-electron chi connectivity index (χ1n) is 4.76. The maximum atomic E-state index is 11.6. The lowest BCUT2D eigenvalue weighted by Gasteiger charge is -2.36. The SMILES string of the molecule is Nc1nc(CC(=O)N2CC(C(=O)O)C2)cs1. The average Bonchev–Trinajstić information content (AvgIpc) is 2.47. The Kier molecular flexibility index (Phi) is 2.78. The third kappa shape index (κ3) is 2.13. The molecule has 0 aromatic carbocycles. The Hall–Kier alpha value is -1.63. The highest BCUT2D eigenvalue weighted by Crippen LogP contribution is 2.18. The van der Waals surface area contributed by atoms with Crippen molar-refractivity contribution < 1.29 is 14.7 Å². The minimum absolute atomic E-state index is 0.0946. The fraction of sp³-hybridized carbons (Fsp3) is 0.444. The van der Waals surface area contributed by atoms with Gasteiger partial charge in [-0.2, -0.15) is 0 Å². The monoisotopic (exact) mass is 241 g/mol. The number of likely N-dealkylation sites (tertiary alicyclic amines) is 1. The summed E-state index contributed by atoms with van der Waals surface area (Å²) in [6.45, 7) is 0.599. The summed E-state index contributed by atoms with van der Waals surface area (Å²) in [5.41, 5.74) is 6.09. The molecule has 2 rings (SSSR count). The zero-order chi connectivity index (χ0) is 11.7. The molecule has 1 aliphatic heterocycles. The Morgan fingerprint density at radius 1 is 1.62 bits per heavy atom. The van der Waals surface area contributed by atoms with Crippen LogP contribution >= 0.6 is 11.3 Å². The van der Waals surface area contributed by atoms with Crippen LogP contribution in [0.2, 0.25) is 0 Å². The molecule has 1 aromatic rings. The van der Waals surface area contributed by atoms with Gasteiger partial charge in [0.2, 0.25) is 5.91 Å². The number of hydrogen-bond donors (Lipinski definition) is 2. The Labute approximate surface area is 95.7 Å². The van der Waals surface area contributed by atoms with Gasteiger partial charge >= 0.3 is 5.97 Å². The number of hydrogen-bond acceptors (Lipinski definition) is 5. The summed E-state index contributed by atoms with van der Waals surface area (Å²) in [6, 6.07) is 0. The molecule has 6 nitrogen and oxygen atoms in total. The van der Waals surface area contributed by atoms with Crippen LogP contribution in [0.5, 0.6) is 0 Å². The second-order valence-electron chi connectivity index (χ2n) is 3.69. The summed E-state index contributed by atoms with van der Waals surface area (Å²) in [5, 5.41) is 10.8. The highest BCUT2D eigenvalue weighted by atomic mass is 32.1. The van der Waals surface area contributed by atoms with Crippen LogP contribution in [0.4, 0.5) is 5.13 Å². The summed E-state index contributed by atoms with van der Waals surface area (Å²) in [6.07, 6.45) is 0.194. The van der Waals surface area contributed by atoms with E-state index in [0.717, 1.165) is 0 Å². The molecule has 1 aliphatic rings. The van der Waals surface area contributed by atoms with Gasteiger partial charge in [0, 0.05) is 18.5 Å². The van der Waals surface area contributed by atoms with E-state index < -0.39 is 11.9 Å². The number of amides is 1. The van der Waals surface area contributed by atoms with Crippen LogP contribution in [0.15, 0.2) is 5.38 Å². The van der Waals surface area contributed by atoms with E-state index in [4.69, 9.17) is 10.8 Å². The molecule has 1 fully saturated rings. The summed E-state index contributed by atoms with van der Waals surface area (Å²) in [4.78, 5) is 27.7. The van der Waals surface area contributed by atoms with Gasteiger partial charge in [-0.15, -0.1) is 11.3 Å². The molecule has 0 bridgehead atoms. The number of aromatic nitrogens is 1. The normalized spacial score (nSPS) is 15.9. The predicted molar refractivity (Wildman–Crippen MR) is 57.9 cm³/mol. The van der Waals surface area contributed by atoms with E-state index in [2.05, 4.69) is 4.98 Å². The number of carboxylic acid groups (broad SMARTS) is 1. The van der Waals surface area contributed by atoms with Crippen molar-refractivity contribution in [3.05, 3.63) is 11.1 Å². The van der Waals surface area contributed by atoms with Crippen molar-refractivity contribution in [2.75, 3.05) is 18.8 Å². The van der Waals surface area contributed by atoms with Crippen LogP contribution in [0.1, 0.15) is 5.69 Å². The fourth-order valence-electron chi connectivity index (χ4n) is 1.51. The number of nitrogens with zero attached hydrogens (tertiary/aromatic N) is 2. The predicted octanol–water partition coefficient (Wildman–Crippen LogP) is -0.189. The fourth-order valence-corrected chi connectivity index (χ4v) is 2.07. The van der Waals surface area contributed by atoms with E-state index in [0.29, 0.717) is 23.9 Å². The van der Waals surface area contributed by atoms with E-state index in [1.165, 1.54) is 16.2 Å². The quantitative estimate of drug-likeness (QED) is 0.764. The van der Waals surface area contributed by atoms with E-state index in [-0.39, 0.29) is 12.3 Å². The van der Waals surface area contributed by atoms with Gasteiger partial charge in [-0.25, -0.2) is 4.98 Å². The minimum Gasteiger partial charge on any atom is -0.481 e. The molecule has 1 aromatic heterocycles. The molecule has 2 heterocycles. The van der Waals surface area contributed by atoms with Gasteiger partial charge in [-0.3, -0.25) is 9.59 Å². The number of carbonyl (C=O) groups excluding carboxylic acids is 1. The molecule has 3 N–H and O–H groups in total. The number of rotatable bonds is 3. The van der Waals surface area contributed by atoms with Crippen molar-refractivity contribution in [3.8, 4) is 0 Å². The third-order valence-corrected chi connectivity index (χ3v) is 3.21. The second kappa shape index (κ2) is 4.09. The topological polar surface area (TPSA) is 96.5 Å². The van der Waals surface area contributed by atoms with Crippen molar-refractivity contribution in [2.24, 2.45) is 5.92 Å². The minimum atomic E-state index is -0.845. The largest absolute Gasteiger partial charge is 0.481 e. The Morgan fingerprint density at radius 2 is 2.31 bits per heavy atom. The molecule has 7 heteroatoms. The number of nitrogen functional groups attached to an aromatic ring is 1. The summed E-state index contributed by atoms with van der Waals surface area (Å²) in [7, 11) is 0. The molecule has 0 aliphatic carbocycles. The van der Waals surface area contributed by atoms with Crippen LogP contribution < -0.4 is 5.73 Å². The van der Waals surface area contributed by atoms with Crippen molar-refractivity contribution in [2.45, 2.75) is 6.42 Å². The summed E-state index contributed by atoms with van der Waals surface area (Å²) in [5.74, 6) is -1.35. The van der Waals surface area contributed by atoms with Gasteiger partial charge in [0.15, 0.2) is 5.13 Å². The zero-order valence-electron chi connectivity index (χ0n) is 8.42. The van der Waals surface area contributed by atoms with Crippen LogP contribution in [0.25, 0.3) is 0 Å². The van der Waals surface area contributed by atoms with Gasteiger partial charge < -0.3 is 15.7 Å². The lowest BCUT2D eigenvalue weighted by atomic mass is 10.00. The van der Waals surface area contributed by atoms with Gasteiger partial charge in [0.05, 0.1) is 18.0 Å². The molecular formula is C9H11N3O3S. The Morgan fingerprint density at radius 3 is 2.81 bits per heavy atom. The van der Waals surface area contributed by atoms with Crippen LogP contribution in [0, 0.1) is 5.92 Å². The maximum absolute atomic E-state index is 11.6. The van der Waals surface area contributed by atoms with Crippen molar-refractivity contribution in [1.82, 2.24) is 9.88 Å². The lowest BCUT2D eigenvalue weighted by Crippen LogP contribution is -2.53. The van der Waals surface area contributed by atoms with E-state index >= 15 is 0 Å². The van der Waals surface area contributed by atoms with Crippen LogP contribution in [-0.2, 0) is 16.0 Å².